The molecule has 0 amide bonds. The van der Waals surface area contributed by atoms with Crippen molar-refractivity contribution in [1.29, 1.82) is 0 Å². The van der Waals surface area contributed by atoms with Crippen LogP contribution in [0.15, 0.2) is 58.1 Å². The Morgan fingerprint density at radius 1 is 1.28 bits per heavy atom. The number of nitrogens with zero attached hydrogens (tertiary/aromatic N) is 4. The van der Waals surface area contributed by atoms with Gasteiger partial charge < -0.3 is 14.6 Å². The fraction of sp³-hybridized carbons (Fsp3) is 0.409. The Kier molecular flexibility index (Phi) is 6.24. The zero-order valence-corrected chi connectivity index (χ0v) is 16.8. The van der Waals surface area contributed by atoms with Crippen molar-refractivity contribution >= 4 is 5.96 Å². The molecule has 1 unspecified atom stereocenters. The number of aliphatic imine (C=N–C) groups is 1. The fourth-order valence-electron chi connectivity index (χ4n) is 3.76. The van der Waals surface area contributed by atoms with E-state index in [-0.39, 0.29) is 0 Å². The number of nitrogens with one attached hydrogen (secondary N) is 2. The first-order valence-electron chi connectivity index (χ1n) is 10.3. The summed E-state index contributed by atoms with van der Waals surface area (Å²) in [5.74, 6) is 3.75. The first kappa shape index (κ1) is 19.2. The van der Waals surface area contributed by atoms with Gasteiger partial charge >= 0.3 is 0 Å². The molecular formula is C22H28N6O. The summed E-state index contributed by atoms with van der Waals surface area (Å²) in [5, 5.41) is 10.6. The number of rotatable bonds is 7. The summed E-state index contributed by atoms with van der Waals surface area (Å²) in [6.07, 6.45) is 4.67. The fourth-order valence-corrected chi connectivity index (χ4v) is 3.76. The third-order valence-corrected chi connectivity index (χ3v) is 5.17. The van der Waals surface area contributed by atoms with Crippen molar-refractivity contribution in [1.82, 2.24) is 25.4 Å². The van der Waals surface area contributed by atoms with Crippen molar-refractivity contribution in [2.75, 3.05) is 26.2 Å². The molecule has 2 N–H and O–H groups in total. The Bertz CT molecular complexity index is 903. The molecular weight excluding hydrogens is 364 g/mol. The van der Waals surface area contributed by atoms with Crippen molar-refractivity contribution in [3.63, 3.8) is 0 Å². The Labute approximate surface area is 171 Å². The van der Waals surface area contributed by atoms with Crippen molar-refractivity contribution in [3.05, 3.63) is 60.1 Å². The van der Waals surface area contributed by atoms with Crippen LogP contribution in [0.5, 0.6) is 0 Å². The number of likely N-dealkylation sites (tertiary alicyclic amines) is 1. The van der Waals surface area contributed by atoms with E-state index in [2.05, 4.69) is 62.7 Å². The zero-order valence-electron chi connectivity index (χ0n) is 16.8. The van der Waals surface area contributed by atoms with Crippen molar-refractivity contribution in [2.24, 2.45) is 10.9 Å². The Balaban J connectivity index is 1.32. The van der Waals surface area contributed by atoms with Gasteiger partial charge in [0.15, 0.2) is 11.7 Å². The smallest absolute Gasteiger partial charge is 0.216 e. The molecule has 1 aliphatic heterocycles. The summed E-state index contributed by atoms with van der Waals surface area (Å²) in [4.78, 5) is 11.7. The lowest BCUT2D eigenvalue weighted by molar-refractivity contribution is 0.460. The normalized spacial score (nSPS) is 17.1. The van der Waals surface area contributed by atoms with E-state index in [1.807, 2.05) is 12.1 Å². The molecule has 4 rings (SSSR count). The molecule has 152 valence electrons. The molecule has 0 saturated carbocycles. The van der Waals surface area contributed by atoms with Crippen molar-refractivity contribution in [3.8, 4) is 11.6 Å². The van der Waals surface area contributed by atoms with Gasteiger partial charge in [0.1, 0.15) is 5.82 Å². The van der Waals surface area contributed by atoms with E-state index in [1.165, 1.54) is 12.0 Å². The molecule has 1 aromatic carbocycles. The molecule has 2 aromatic heterocycles. The summed E-state index contributed by atoms with van der Waals surface area (Å²) in [7, 11) is 0. The second-order valence-electron chi connectivity index (χ2n) is 7.36. The summed E-state index contributed by atoms with van der Waals surface area (Å²) in [5.41, 5.74) is 1.42. The van der Waals surface area contributed by atoms with Crippen LogP contribution in [0.4, 0.5) is 0 Å². The largest absolute Gasteiger partial charge is 0.461 e. The van der Waals surface area contributed by atoms with Gasteiger partial charge in [-0.2, -0.15) is 5.10 Å². The summed E-state index contributed by atoms with van der Waals surface area (Å²) in [6.45, 7) is 5.73. The third kappa shape index (κ3) is 5.04. The molecule has 7 nitrogen and oxygen atoms in total. The topological polar surface area (TPSA) is 82.3 Å². The maximum atomic E-state index is 5.34. The minimum atomic E-state index is 0.587. The van der Waals surface area contributed by atoms with Gasteiger partial charge in [-0.05, 0) is 43.4 Å². The number of hydrogen-bond acceptors (Lipinski definition) is 4. The minimum Gasteiger partial charge on any atom is -0.461 e. The van der Waals surface area contributed by atoms with Gasteiger partial charge in [0.25, 0.3) is 0 Å². The number of aromatic amines is 1. The number of guanidine groups is 1. The molecule has 3 heterocycles. The molecule has 0 radical (unpaired) electrons. The maximum absolute atomic E-state index is 5.34. The van der Waals surface area contributed by atoms with E-state index >= 15 is 0 Å². The van der Waals surface area contributed by atoms with Crippen LogP contribution >= 0.6 is 0 Å². The SMILES string of the molecule is CCNC(=NCCc1nc(-c2ccco2)n[nH]1)N1CCC(Cc2ccccc2)C1. The monoisotopic (exact) mass is 392 g/mol. The van der Waals surface area contributed by atoms with Crippen LogP contribution in [-0.4, -0.2) is 52.2 Å². The molecule has 1 saturated heterocycles. The predicted octanol–water partition coefficient (Wildman–Crippen LogP) is 3.14. The molecule has 3 aromatic rings. The standard InChI is InChI=1S/C22H28N6O/c1-2-23-22(28-13-11-18(16-28)15-17-7-4-3-5-8-17)24-12-10-20-25-21(27-26-20)19-9-6-14-29-19/h3-9,14,18H,2,10-13,15-16H2,1H3,(H,23,24)(H,25,26,27). The van der Waals surface area contributed by atoms with Crippen LogP contribution in [0.2, 0.25) is 0 Å². The molecule has 1 aliphatic rings. The van der Waals surface area contributed by atoms with Crippen LogP contribution in [-0.2, 0) is 12.8 Å². The van der Waals surface area contributed by atoms with Gasteiger partial charge in [-0.3, -0.25) is 10.1 Å². The van der Waals surface area contributed by atoms with Crippen molar-refractivity contribution < 1.29 is 4.42 Å². The van der Waals surface area contributed by atoms with Crippen LogP contribution in [0.25, 0.3) is 11.6 Å². The highest BCUT2D eigenvalue weighted by atomic mass is 16.3. The van der Waals surface area contributed by atoms with Gasteiger partial charge in [0.2, 0.25) is 5.82 Å². The average molecular weight is 393 g/mol. The zero-order chi connectivity index (χ0) is 19.9. The van der Waals surface area contributed by atoms with Crippen LogP contribution in [0.1, 0.15) is 24.7 Å². The van der Waals surface area contributed by atoms with E-state index in [0.717, 1.165) is 37.8 Å². The van der Waals surface area contributed by atoms with E-state index in [1.54, 1.807) is 6.26 Å². The highest BCUT2D eigenvalue weighted by molar-refractivity contribution is 5.80. The van der Waals surface area contributed by atoms with Crippen molar-refractivity contribution in [2.45, 2.75) is 26.2 Å². The second-order valence-corrected chi connectivity index (χ2v) is 7.36. The van der Waals surface area contributed by atoms with Gasteiger partial charge in [0, 0.05) is 32.6 Å². The van der Waals surface area contributed by atoms with Crippen LogP contribution < -0.4 is 5.32 Å². The number of furan rings is 1. The molecule has 7 heteroatoms. The molecule has 0 bridgehead atoms. The van der Waals surface area contributed by atoms with E-state index in [9.17, 15) is 0 Å². The molecule has 0 spiro atoms. The van der Waals surface area contributed by atoms with Crippen LogP contribution in [0, 0.1) is 5.92 Å². The summed E-state index contributed by atoms with van der Waals surface area (Å²) in [6, 6.07) is 14.4. The Morgan fingerprint density at radius 2 is 2.17 bits per heavy atom. The van der Waals surface area contributed by atoms with Crippen LogP contribution in [0.3, 0.4) is 0 Å². The number of hydrogen-bond donors (Lipinski definition) is 2. The number of H-pyrrole nitrogens is 1. The molecule has 1 atom stereocenters. The molecule has 1 fully saturated rings. The quantitative estimate of drug-likeness (QED) is 0.477. The highest BCUT2D eigenvalue weighted by Gasteiger charge is 2.24. The lowest BCUT2D eigenvalue weighted by Crippen LogP contribution is -2.40. The number of benzene rings is 1. The Hall–Kier alpha value is -3.09. The highest BCUT2D eigenvalue weighted by Crippen LogP contribution is 2.21. The first-order valence-corrected chi connectivity index (χ1v) is 10.3. The summed E-state index contributed by atoms with van der Waals surface area (Å²) < 4.78 is 5.34. The van der Waals surface area contributed by atoms with Gasteiger partial charge in [-0.15, -0.1) is 0 Å². The van der Waals surface area contributed by atoms with Gasteiger partial charge in [-0.25, -0.2) is 4.98 Å². The lowest BCUT2D eigenvalue weighted by Gasteiger charge is -2.21. The summed E-state index contributed by atoms with van der Waals surface area (Å²) >= 11 is 0. The van der Waals surface area contributed by atoms with Gasteiger partial charge in [-0.1, -0.05) is 30.3 Å². The maximum Gasteiger partial charge on any atom is 0.216 e. The van der Waals surface area contributed by atoms with Gasteiger partial charge in [0.05, 0.1) is 6.26 Å². The molecule has 29 heavy (non-hydrogen) atoms. The second kappa shape index (κ2) is 9.41. The third-order valence-electron chi connectivity index (χ3n) is 5.17. The average Bonchev–Trinajstić information content (AvgIpc) is 3.50. The first-order chi connectivity index (χ1) is 14.3. The van der Waals surface area contributed by atoms with E-state index in [0.29, 0.717) is 30.5 Å². The van der Waals surface area contributed by atoms with E-state index in [4.69, 9.17) is 9.41 Å². The minimum absolute atomic E-state index is 0.587. The Morgan fingerprint density at radius 3 is 2.97 bits per heavy atom. The molecule has 0 aliphatic carbocycles. The predicted molar refractivity (Wildman–Crippen MR) is 114 cm³/mol. The number of aromatic nitrogens is 3. The van der Waals surface area contributed by atoms with E-state index < -0.39 is 0 Å². The lowest BCUT2D eigenvalue weighted by atomic mass is 9.99.